The van der Waals surface area contributed by atoms with Crippen LogP contribution in [0.3, 0.4) is 0 Å². The standard InChI is InChI=1S/C59H67N5O9/c65-52-20-18-50(51-19-21-54(67)61-55(51)52)53(66)37-60-29-22-41-14-16-45(17-15-41)56(68)64-34-27-46(28-35-64)57(69)63-32-25-44(26-33-63)39-72-49-13-7-12-48(36-49)59(71,47-10-5-2-6-11-47)58(70)73-40-43-23-30-62(31-24-43)38-42-8-3-1-4-9-42/h1-21,36,43-44,46,53,60,65-66,71H,22-35,37-40H2,(H,61,67)/t53-,59?/m0/s1. The first-order chi connectivity index (χ1) is 35.5. The van der Waals surface area contributed by atoms with E-state index in [4.69, 9.17) is 9.47 Å². The lowest BCUT2D eigenvalue weighted by molar-refractivity contribution is -0.164. The van der Waals surface area contributed by atoms with Gasteiger partial charge in [0.2, 0.25) is 17.1 Å². The van der Waals surface area contributed by atoms with Crippen LogP contribution in [0.4, 0.5) is 0 Å². The fourth-order valence-electron chi connectivity index (χ4n) is 10.6. The van der Waals surface area contributed by atoms with E-state index in [0.717, 1.165) is 50.9 Å². The minimum absolute atomic E-state index is 0.0429. The fourth-order valence-corrected chi connectivity index (χ4v) is 10.6. The number of phenolic OH excluding ortho intramolecular Hbond substituents is 1. The van der Waals surface area contributed by atoms with E-state index in [0.29, 0.717) is 97.5 Å². The highest BCUT2D eigenvalue weighted by atomic mass is 16.5. The molecule has 6 aromatic rings. The first kappa shape index (κ1) is 51.1. The van der Waals surface area contributed by atoms with Gasteiger partial charge in [-0.2, -0.15) is 0 Å². The molecule has 0 radical (unpaired) electrons. The molecule has 5 N–H and O–H groups in total. The molecular weight excluding hydrogens is 923 g/mol. The number of hydrogen-bond acceptors (Lipinski definition) is 11. The predicted octanol–water partition coefficient (Wildman–Crippen LogP) is 6.96. The highest BCUT2D eigenvalue weighted by Crippen LogP contribution is 2.35. The van der Waals surface area contributed by atoms with Crippen LogP contribution in [0.5, 0.6) is 11.5 Å². The van der Waals surface area contributed by atoms with Crippen LogP contribution in [0.2, 0.25) is 0 Å². The van der Waals surface area contributed by atoms with Crippen molar-refractivity contribution in [1.82, 2.24) is 25.0 Å². The number of phenols is 1. The van der Waals surface area contributed by atoms with Gasteiger partial charge in [-0.15, -0.1) is 0 Å². The van der Waals surface area contributed by atoms with Crippen LogP contribution in [0.25, 0.3) is 10.9 Å². The van der Waals surface area contributed by atoms with Crippen LogP contribution in [0.15, 0.2) is 138 Å². The number of benzene rings is 5. The van der Waals surface area contributed by atoms with E-state index in [-0.39, 0.29) is 54.0 Å². The van der Waals surface area contributed by atoms with Gasteiger partial charge < -0.3 is 44.9 Å². The van der Waals surface area contributed by atoms with Crippen LogP contribution in [0, 0.1) is 17.8 Å². The Hall–Kier alpha value is -6.84. The zero-order valence-electron chi connectivity index (χ0n) is 41.4. The van der Waals surface area contributed by atoms with Crippen molar-refractivity contribution in [2.75, 3.05) is 65.6 Å². The van der Waals surface area contributed by atoms with Crippen molar-refractivity contribution < 1.29 is 39.2 Å². The Labute approximate surface area is 426 Å². The van der Waals surface area contributed by atoms with Crippen LogP contribution in [-0.2, 0) is 32.9 Å². The highest BCUT2D eigenvalue weighted by Gasteiger charge is 2.42. The smallest absolute Gasteiger partial charge is 0.347 e. The summed E-state index contributed by atoms with van der Waals surface area (Å²) in [5, 5.41) is 37.2. The van der Waals surface area contributed by atoms with Gasteiger partial charge in [-0.1, -0.05) is 91.0 Å². The number of aliphatic hydroxyl groups is 2. The molecule has 3 aliphatic heterocycles. The number of aromatic amines is 1. The summed E-state index contributed by atoms with van der Waals surface area (Å²) in [7, 11) is 0. The molecule has 3 fully saturated rings. The van der Waals surface area contributed by atoms with E-state index in [2.05, 4.69) is 39.5 Å². The number of nitrogens with zero attached hydrogens (tertiary/aromatic N) is 3. The van der Waals surface area contributed by atoms with Gasteiger partial charge in [0.05, 0.1) is 24.8 Å². The van der Waals surface area contributed by atoms with Crippen molar-refractivity contribution in [3.63, 3.8) is 0 Å². The zero-order valence-corrected chi connectivity index (χ0v) is 41.4. The molecule has 0 bridgehead atoms. The number of H-pyrrole nitrogens is 1. The lowest BCUT2D eigenvalue weighted by atomic mass is 9.86. The molecule has 1 aromatic heterocycles. The number of hydrogen-bond donors (Lipinski definition) is 5. The Kier molecular flexibility index (Phi) is 16.7. The third-order valence-corrected chi connectivity index (χ3v) is 15.1. The summed E-state index contributed by atoms with van der Waals surface area (Å²) in [6, 6.07) is 40.1. The summed E-state index contributed by atoms with van der Waals surface area (Å²) >= 11 is 0. The molecule has 9 rings (SSSR count). The number of aromatic hydroxyl groups is 1. The van der Waals surface area contributed by atoms with Gasteiger partial charge in [0.1, 0.15) is 11.5 Å². The maximum absolute atomic E-state index is 14.0. The lowest BCUT2D eigenvalue weighted by Gasteiger charge is -2.37. The van der Waals surface area contributed by atoms with Gasteiger partial charge >= 0.3 is 5.97 Å². The first-order valence-corrected chi connectivity index (χ1v) is 25.9. The average Bonchev–Trinajstić information content (AvgIpc) is 3.44. The maximum Gasteiger partial charge on any atom is 0.347 e. The number of amides is 2. The number of aliphatic hydroxyl groups excluding tert-OH is 1. The van der Waals surface area contributed by atoms with E-state index in [1.54, 1.807) is 54.6 Å². The quantitative estimate of drug-likeness (QED) is 0.0443. The Morgan fingerprint density at radius 2 is 1.36 bits per heavy atom. The number of pyridine rings is 1. The van der Waals surface area contributed by atoms with E-state index >= 15 is 0 Å². The maximum atomic E-state index is 14.0. The number of aromatic nitrogens is 1. The van der Waals surface area contributed by atoms with Crippen molar-refractivity contribution in [2.45, 2.75) is 63.2 Å². The van der Waals surface area contributed by atoms with E-state index < -0.39 is 17.7 Å². The highest BCUT2D eigenvalue weighted by molar-refractivity contribution is 5.94. The van der Waals surface area contributed by atoms with E-state index in [9.17, 15) is 34.5 Å². The molecule has 0 aliphatic carbocycles. The first-order valence-electron chi connectivity index (χ1n) is 25.9. The summed E-state index contributed by atoms with van der Waals surface area (Å²) in [6.45, 7) is 6.61. The number of rotatable bonds is 18. The van der Waals surface area contributed by atoms with Gasteiger partial charge in [0, 0.05) is 67.8 Å². The van der Waals surface area contributed by atoms with E-state index in [1.165, 1.54) is 17.7 Å². The summed E-state index contributed by atoms with van der Waals surface area (Å²) in [4.78, 5) is 61.8. The Balaban J connectivity index is 0.691. The van der Waals surface area contributed by atoms with E-state index in [1.807, 2.05) is 52.3 Å². The van der Waals surface area contributed by atoms with Gasteiger partial charge in [0.25, 0.3) is 5.91 Å². The monoisotopic (exact) mass is 989 g/mol. The van der Waals surface area contributed by atoms with Gasteiger partial charge in [0.15, 0.2) is 0 Å². The summed E-state index contributed by atoms with van der Waals surface area (Å²) in [6.07, 6.45) is 4.49. The molecule has 2 amide bonds. The summed E-state index contributed by atoms with van der Waals surface area (Å²) in [5.74, 6) is 0.210. The topological polar surface area (TPSA) is 185 Å². The average molecular weight is 990 g/mol. The molecular formula is C59H67N5O9. The zero-order chi connectivity index (χ0) is 50.7. The number of carbonyl (C=O) groups excluding carboxylic acids is 3. The molecule has 2 atom stereocenters. The normalized spacial score (nSPS) is 17.5. The van der Waals surface area contributed by atoms with Crippen molar-refractivity contribution in [1.29, 1.82) is 0 Å². The Morgan fingerprint density at radius 3 is 2.08 bits per heavy atom. The predicted molar refractivity (Wildman–Crippen MR) is 279 cm³/mol. The molecule has 0 saturated carbocycles. The molecule has 3 saturated heterocycles. The summed E-state index contributed by atoms with van der Waals surface area (Å²) < 4.78 is 12.3. The second-order valence-corrected chi connectivity index (χ2v) is 20.0. The third kappa shape index (κ3) is 12.5. The van der Waals surface area contributed by atoms with Crippen molar-refractivity contribution in [3.8, 4) is 11.5 Å². The largest absolute Gasteiger partial charge is 0.506 e. The lowest BCUT2D eigenvalue weighted by Crippen LogP contribution is -2.47. The second kappa shape index (κ2) is 23.8. The van der Waals surface area contributed by atoms with Crippen molar-refractivity contribution in [3.05, 3.63) is 177 Å². The number of nitrogens with one attached hydrogen (secondary N) is 2. The molecule has 382 valence electrons. The van der Waals surface area contributed by atoms with Gasteiger partial charge in [-0.3, -0.25) is 19.3 Å². The van der Waals surface area contributed by atoms with Crippen LogP contribution in [-0.4, -0.2) is 118 Å². The summed E-state index contributed by atoms with van der Waals surface area (Å²) in [5.41, 5.74) is 2.29. The molecule has 5 aromatic carbocycles. The molecule has 1 unspecified atom stereocenters. The number of carbonyl (C=O) groups is 3. The number of likely N-dealkylation sites (tertiary alicyclic amines) is 3. The van der Waals surface area contributed by atoms with Crippen LogP contribution in [0.1, 0.15) is 82.8 Å². The number of fused-ring (bicyclic) bond motifs is 1. The molecule has 73 heavy (non-hydrogen) atoms. The number of esters is 1. The Morgan fingerprint density at radius 1 is 0.699 bits per heavy atom. The SMILES string of the molecule is O=C(c1ccc(CCNC[C@H](O)c2ccc(O)c3[nH]c(=O)ccc23)cc1)N1CCC(C(=O)N2CCC(COc3cccc(C(O)(C(=O)OCC4CCN(Cc5ccccc5)CC4)c4ccccc4)c3)CC2)CC1. The third-order valence-electron chi connectivity index (χ3n) is 15.1. The fraction of sp³-hybridized carbons (Fsp3) is 0.390. The Bertz CT molecular complexity index is 2860. The van der Waals surface area contributed by atoms with Crippen LogP contribution >= 0.6 is 0 Å². The molecule has 14 heteroatoms. The minimum Gasteiger partial charge on any atom is -0.506 e. The molecule has 14 nitrogen and oxygen atoms in total. The van der Waals surface area contributed by atoms with Crippen molar-refractivity contribution in [2.24, 2.45) is 17.8 Å². The van der Waals surface area contributed by atoms with Crippen LogP contribution < -0.4 is 15.6 Å². The van der Waals surface area contributed by atoms with Gasteiger partial charge in [-0.25, -0.2) is 4.79 Å². The number of piperidine rings is 3. The molecule has 3 aliphatic rings. The number of ether oxygens (including phenoxy) is 2. The minimum atomic E-state index is -2.02. The molecule has 4 heterocycles. The van der Waals surface area contributed by atoms with Crippen molar-refractivity contribution >= 4 is 28.7 Å². The molecule has 0 spiro atoms. The van der Waals surface area contributed by atoms with Gasteiger partial charge in [-0.05, 0) is 135 Å². The second-order valence-electron chi connectivity index (χ2n) is 20.0.